The van der Waals surface area contributed by atoms with Crippen LogP contribution in [0.3, 0.4) is 0 Å². The molecule has 158 valence electrons. The first kappa shape index (κ1) is 20.3. The van der Waals surface area contributed by atoms with Crippen LogP contribution in [0.15, 0.2) is 56.4 Å². The van der Waals surface area contributed by atoms with Gasteiger partial charge < -0.3 is 14.2 Å². The average molecular weight is 430 g/mol. The lowest BCUT2D eigenvalue weighted by Crippen LogP contribution is -2.34. The Morgan fingerprint density at radius 3 is 2.57 bits per heavy atom. The molecule has 30 heavy (non-hydrogen) atoms. The standard InChI is InChI=1S/C20H22N4O5S/c1-14(13-16-5-4-12-28-16)21-18(25)20-23-22-19(29-20)15-6-8-17(9-7-15)30(26,27)24-10-2-3-11-24/h4-9,12,14H,2-3,10-11,13H2,1H3,(H,21,25)/t14-/m0/s1. The molecule has 1 saturated heterocycles. The van der Waals surface area contributed by atoms with Crippen LogP contribution in [0.2, 0.25) is 0 Å². The fourth-order valence-electron chi connectivity index (χ4n) is 3.35. The van der Waals surface area contributed by atoms with E-state index in [2.05, 4.69) is 15.5 Å². The highest BCUT2D eigenvalue weighted by molar-refractivity contribution is 7.89. The molecule has 1 aliphatic heterocycles. The normalized spacial score (nSPS) is 15.9. The molecule has 0 radical (unpaired) electrons. The maximum absolute atomic E-state index is 12.6. The quantitative estimate of drug-likeness (QED) is 0.612. The second kappa shape index (κ2) is 8.41. The van der Waals surface area contributed by atoms with E-state index >= 15 is 0 Å². The number of amides is 1. The summed E-state index contributed by atoms with van der Waals surface area (Å²) in [5.41, 5.74) is 0.533. The minimum absolute atomic E-state index is 0.143. The number of hydrogen-bond acceptors (Lipinski definition) is 7. The molecule has 0 bridgehead atoms. The summed E-state index contributed by atoms with van der Waals surface area (Å²) in [5, 5.41) is 10.5. The lowest BCUT2D eigenvalue weighted by Gasteiger charge is -2.15. The topological polar surface area (TPSA) is 119 Å². The molecule has 4 rings (SSSR count). The Kier molecular flexibility index (Phi) is 5.69. The van der Waals surface area contributed by atoms with Gasteiger partial charge in [0.2, 0.25) is 15.9 Å². The summed E-state index contributed by atoms with van der Waals surface area (Å²) >= 11 is 0. The van der Waals surface area contributed by atoms with Gasteiger partial charge in [0, 0.05) is 31.1 Å². The van der Waals surface area contributed by atoms with Crippen LogP contribution in [0.5, 0.6) is 0 Å². The maximum atomic E-state index is 12.6. The average Bonchev–Trinajstić information content (AvgIpc) is 3.50. The number of nitrogens with zero attached hydrogens (tertiary/aromatic N) is 3. The number of rotatable bonds is 7. The number of furan rings is 1. The molecular weight excluding hydrogens is 408 g/mol. The molecule has 0 spiro atoms. The first-order chi connectivity index (χ1) is 14.4. The lowest BCUT2D eigenvalue weighted by molar-refractivity contribution is 0.0905. The van der Waals surface area contributed by atoms with Crippen LogP contribution in [-0.2, 0) is 16.4 Å². The van der Waals surface area contributed by atoms with Gasteiger partial charge in [-0.2, -0.15) is 4.31 Å². The molecule has 1 atom stereocenters. The van der Waals surface area contributed by atoms with Gasteiger partial charge in [-0.1, -0.05) is 0 Å². The fourth-order valence-corrected chi connectivity index (χ4v) is 4.86. The highest BCUT2D eigenvalue weighted by Gasteiger charge is 2.27. The van der Waals surface area contributed by atoms with Crippen LogP contribution in [0.25, 0.3) is 11.5 Å². The molecule has 0 saturated carbocycles. The molecule has 1 amide bonds. The lowest BCUT2D eigenvalue weighted by atomic mass is 10.2. The summed E-state index contributed by atoms with van der Waals surface area (Å²) in [5.74, 6) is 0.257. The highest BCUT2D eigenvalue weighted by atomic mass is 32.2. The minimum atomic E-state index is -3.49. The molecule has 1 aromatic carbocycles. The third-order valence-electron chi connectivity index (χ3n) is 4.89. The number of sulfonamides is 1. The van der Waals surface area contributed by atoms with E-state index in [9.17, 15) is 13.2 Å². The number of nitrogens with one attached hydrogen (secondary N) is 1. The SMILES string of the molecule is C[C@@H](Cc1ccco1)NC(=O)c1nnc(-c2ccc(S(=O)(=O)N3CCCC3)cc2)o1. The predicted molar refractivity (Wildman–Crippen MR) is 107 cm³/mol. The number of carbonyl (C=O) groups is 1. The highest BCUT2D eigenvalue weighted by Crippen LogP contribution is 2.24. The zero-order valence-electron chi connectivity index (χ0n) is 16.4. The Morgan fingerprint density at radius 1 is 1.17 bits per heavy atom. The molecule has 3 heterocycles. The first-order valence-corrected chi connectivity index (χ1v) is 11.1. The van der Waals surface area contributed by atoms with Gasteiger partial charge in [-0.05, 0) is 56.2 Å². The Bertz CT molecular complexity index is 1100. The number of carbonyl (C=O) groups excluding carboxylic acids is 1. The van der Waals surface area contributed by atoms with Gasteiger partial charge in [0.1, 0.15) is 5.76 Å². The summed E-state index contributed by atoms with van der Waals surface area (Å²) in [6, 6.07) is 9.65. The monoisotopic (exact) mass is 430 g/mol. The van der Waals surface area contributed by atoms with Crippen molar-refractivity contribution in [2.75, 3.05) is 13.1 Å². The van der Waals surface area contributed by atoms with Crippen molar-refractivity contribution in [3.8, 4) is 11.5 Å². The van der Waals surface area contributed by atoms with Gasteiger partial charge in [0.05, 0.1) is 11.2 Å². The molecule has 3 aromatic rings. The smallest absolute Gasteiger partial charge is 0.309 e. The Hall–Kier alpha value is -2.98. The van der Waals surface area contributed by atoms with Crippen molar-refractivity contribution < 1.29 is 22.0 Å². The van der Waals surface area contributed by atoms with Crippen molar-refractivity contribution in [3.05, 3.63) is 54.3 Å². The summed E-state index contributed by atoms with van der Waals surface area (Å²) in [6.45, 7) is 2.94. The second-order valence-corrected chi connectivity index (χ2v) is 9.14. The molecule has 9 nitrogen and oxygen atoms in total. The van der Waals surface area contributed by atoms with E-state index in [0.717, 1.165) is 18.6 Å². The largest absolute Gasteiger partial charge is 0.469 e. The third-order valence-corrected chi connectivity index (χ3v) is 6.80. The second-order valence-electron chi connectivity index (χ2n) is 7.21. The first-order valence-electron chi connectivity index (χ1n) is 9.71. The molecule has 1 N–H and O–H groups in total. The van der Waals surface area contributed by atoms with Crippen molar-refractivity contribution >= 4 is 15.9 Å². The predicted octanol–water partition coefficient (Wildman–Crippen LogP) is 2.48. The summed E-state index contributed by atoms with van der Waals surface area (Å²) in [4.78, 5) is 12.6. The van der Waals surface area contributed by atoms with Crippen LogP contribution in [-0.4, -0.2) is 48.0 Å². The molecule has 1 aliphatic rings. The number of benzene rings is 1. The van der Waals surface area contributed by atoms with Gasteiger partial charge in [-0.15, -0.1) is 10.2 Å². The zero-order valence-corrected chi connectivity index (χ0v) is 17.3. The molecule has 0 aliphatic carbocycles. The Morgan fingerprint density at radius 2 is 1.90 bits per heavy atom. The van der Waals surface area contributed by atoms with Crippen LogP contribution >= 0.6 is 0 Å². The third kappa shape index (κ3) is 4.29. The summed E-state index contributed by atoms with van der Waals surface area (Å²) in [7, 11) is -3.49. The number of aromatic nitrogens is 2. The van der Waals surface area contributed by atoms with Crippen LogP contribution in [0.1, 0.15) is 36.2 Å². The van der Waals surface area contributed by atoms with Crippen LogP contribution in [0, 0.1) is 0 Å². The molecule has 10 heteroatoms. The zero-order chi connectivity index (χ0) is 21.1. The molecule has 2 aromatic heterocycles. The van der Waals surface area contributed by atoms with E-state index in [4.69, 9.17) is 8.83 Å². The van der Waals surface area contributed by atoms with Crippen molar-refractivity contribution in [2.45, 2.75) is 37.1 Å². The fraction of sp³-hybridized carbons (Fsp3) is 0.350. The van der Waals surface area contributed by atoms with Crippen LogP contribution in [0.4, 0.5) is 0 Å². The Balaban J connectivity index is 1.42. The molecular formula is C20H22N4O5S. The van der Waals surface area contributed by atoms with Gasteiger partial charge in [0.15, 0.2) is 0 Å². The van der Waals surface area contributed by atoms with Gasteiger partial charge in [0.25, 0.3) is 0 Å². The van der Waals surface area contributed by atoms with Crippen molar-refractivity contribution in [3.63, 3.8) is 0 Å². The van der Waals surface area contributed by atoms with Gasteiger partial charge >= 0.3 is 11.8 Å². The Labute approximate surface area is 174 Å². The van der Waals surface area contributed by atoms with Gasteiger partial charge in [-0.3, -0.25) is 4.79 Å². The summed E-state index contributed by atoms with van der Waals surface area (Å²) in [6.07, 6.45) is 3.87. The van der Waals surface area contributed by atoms with E-state index in [1.807, 2.05) is 13.0 Å². The van der Waals surface area contributed by atoms with E-state index in [-0.39, 0.29) is 22.7 Å². The van der Waals surface area contributed by atoms with Gasteiger partial charge in [-0.25, -0.2) is 8.42 Å². The van der Waals surface area contributed by atoms with Crippen molar-refractivity contribution in [1.29, 1.82) is 0 Å². The van der Waals surface area contributed by atoms with Crippen LogP contribution < -0.4 is 5.32 Å². The van der Waals surface area contributed by atoms with E-state index < -0.39 is 15.9 Å². The van der Waals surface area contributed by atoms with E-state index in [1.165, 1.54) is 16.4 Å². The number of hydrogen-bond donors (Lipinski definition) is 1. The van der Waals surface area contributed by atoms with Crippen molar-refractivity contribution in [2.24, 2.45) is 0 Å². The maximum Gasteiger partial charge on any atom is 0.309 e. The molecule has 0 unspecified atom stereocenters. The molecule has 1 fully saturated rings. The van der Waals surface area contributed by atoms with E-state index in [0.29, 0.717) is 25.1 Å². The minimum Gasteiger partial charge on any atom is -0.469 e. The van der Waals surface area contributed by atoms with Crippen molar-refractivity contribution in [1.82, 2.24) is 19.8 Å². The summed E-state index contributed by atoms with van der Waals surface area (Å²) < 4.78 is 37.4. The van der Waals surface area contributed by atoms with E-state index in [1.54, 1.807) is 24.5 Å².